The molecule has 0 saturated carbocycles. The van der Waals surface area contributed by atoms with E-state index in [2.05, 4.69) is 5.10 Å². The summed E-state index contributed by atoms with van der Waals surface area (Å²) in [5.74, 6) is -0.614. The van der Waals surface area contributed by atoms with Gasteiger partial charge in [-0.3, -0.25) is 24.0 Å². The number of esters is 1. The van der Waals surface area contributed by atoms with E-state index in [0.717, 1.165) is 23.1 Å². The molecule has 0 radical (unpaired) electrons. The first-order valence-corrected chi connectivity index (χ1v) is 8.09. The molecule has 0 spiro atoms. The van der Waals surface area contributed by atoms with Crippen molar-refractivity contribution >= 4 is 35.0 Å². The maximum atomic E-state index is 12.3. The summed E-state index contributed by atoms with van der Waals surface area (Å²) in [5, 5.41) is 3.94. The van der Waals surface area contributed by atoms with Crippen LogP contribution in [0.2, 0.25) is 0 Å². The lowest BCUT2D eigenvalue weighted by molar-refractivity contribution is -0.141. The van der Waals surface area contributed by atoms with Crippen molar-refractivity contribution in [2.75, 3.05) is 13.2 Å². The summed E-state index contributed by atoms with van der Waals surface area (Å²) in [4.78, 5) is 36.6. The van der Waals surface area contributed by atoms with Crippen molar-refractivity contribution in [3.05, 3.63) is 22.4 Å². The van der Waals surface area contributed by atoms with Crippen LogP contribution in [-0.4, -0.2) is 44.9 Å². The van der Waals surface area contributed by atoms with Gasteiger partial charge in [-0.2, -0.15) is 5.10 Å². The van der Waals surface area contributed by atoms with Crippen LogP contribution in [0, 0.1) is 6.92 Å². The van der Waals surface area contributed by atoms with Gasteiger partial charge >= 0.3 is 5.97 Å². The minimum atomic E-state index is -0.328. The topological polar surface area (TPSA) is 81.5 Å². The van der Waals surface area contributed by atoms with Crippen molar-refractivity contribution in [1.29, 1.82) is 0 Å². The van der Waals surface area contributed by atoms with Crippen molar-refractivity contribution in [3.63, 3.8) is 0 Å². The average Bonchev–Trinajstić information content (AvgIpc) is 2.91. The first-order chi connectivity index (χ1) is 10.9. The summed E-state index contributed by atoms with van der Waals surface area (Å²) in [6.07, 6.45) is 2.90. The predicted octanol–water partition coefficient (Wildman–Crippen LogP) is 2.11. The van der Waals surface area contributed by atoms with Crippen LogP contribution in [0.15, 0.2) is 11.0 Å². The van der Waals surface area contributed by atoms with E-state index in [0.29, 0.717) is 30.9 Å². The van der Waals surface area contributed by atoms with Crippen LogP contribution in [0.1, 0.15) is 31.2 Å². The molecule has 2 heterocycles. The first kappa shape index (κ1) is 17.3. The van der Waals surface area contributed by atoms with Crippen LogP contribution in [-0.2, 0) is 21.4 Å². The van der Waals surface area contributed by atoms with Gasteiger partial charge < -0.3 is 4.74 Å². The average molecular weight is 337 g/mol. The van der Waals surface area contributed by atoms with Crippen LogP contribution in [0.5, 0.6) is 0 Å². The molecule has 0 aromatic carbocycles. The third kappa shape index (κ3) is 4.44. The zero-order chi connectivity index (χ0) is 17.0. The Morgan fingerprint density at radius 2 is 2.13 bits per heavy atom. The number of ether oxygens (including phenoxy) is 1. The lowest BCUT2D eigenvalue weighted by Crippen LogP contribution is -2.29. The van der Waals surface area contributed by atoms with E-state index >= 15 is 0 Å². The highest BCUT2D eigenvalue weighted by atomic mass is 32.2. The summed E-state index contributed by atoms with van der Waals surface area (Å²) in [7, 11) is 1.79. The fraction of sp³-hybridized carbons (Fsp3) is 0.467. The number of imide groups is 1. The van der Waals surface area contributed by atoms with E-state index < -0.39 is 0 Å². The molecule has 1 aliphatic heterocycles. The second-order valence-electron chi connectivity index (χ2n) is 5.21. The minimum absolute atomic E-state index is 0.271. The van der Waals surface area contributed by atoms with Gasteiger partial charge in [0, 0.05) is 20.5 Å². The summed E-state index contributed by atoms with van der Waals surface area (Å²) in [5.41, 5.74) is 1.63. The monoisotopic (exact) mass is 337 g/mol. The zero-order valence-corrected chi connectivity index (χ0v) is 14.2. The predicted molar refractivity (Wildman–Crippen MR) is 86.5 cm³/mol. The summed E-state index contributed by atoms with van der Waals surface area (Å²) in [6.45, 7) is 3.84. The van der Waals surface area contributed by atoms with Gasteiger partial charge in [-0.25, -0.2) is 0 Å². The van der Waals surface area contributed by atoms with Crippen molar-refractivity contribution in [2.24, 2.45) is 7.05 Å². The summed E-state index contributed by atoms with van der Waals surface area (Å²) < 4.78 is 6.49. The molecular weight excluding hydrogens is 318 g/mol. The van der Waals surface area contributed by atoms with E-state index in [-0.39, 0.29) is 17.1 Å². The number of carbonyl (C=O) groups excluding carboxylic acids is 3. The molecule has 1 aromatic heterocycles. The Labute approximate surface area is 138 Å². The van der Waals surface area contributed by atoms with Crippen LogP contribution >= 0.6 is 11.8 Å². The van der Waals surface area contributed by atoms with Gasteiger partial charge in [-0.1, -0.05) is 0 Å². The van der Waals surface area contributed by atoms with E-state index in [9.17, 15) is 14.4 Å². The molecule has 0 bridgehead atoms. The van der Waals surface area contributed by atoms with Crippen LogP contribution < -0.4 is 0 Å². The van der Waals surface area contributed by atoms with E-state index in [4.69, 9.17) is 4.74 Å². The first-order valence-electron chi connectivity index (χ1n) is 7.28. The van der Waals surface area contributed by atoms with Crippen molar-refractivity contribution in [1.82, 2.24) is 14.7 Å². The molecule has 1 aromatic rings. The normalized spacial score (nSPS) is 16.5. The quantitative estimate of drug-likeness (QED) is 0.449. The Morgan fingerprint density at radius 1 is 1.39 bits per heavy atom. The fourth-order valence-electron chi connectivity index (χ4n) is 2.18. The maximum absolute atomic E-state index is 12.3. The standard InChI is InChI=1S/C15H19N3O4S/c1-10-8-12(17(3)16-10)9-13-14(20)18(15(21)23-13)6-4-5-7-22-11(2)19/h8-9H,4-7H2,1-3H3/b13-9-. The van der Waals surface area contributed by atoms with Crippen LogP contribution in [0.25, 0.3) is 6.08 Å². The van der Waals surface area contributed by atoms with E-state index in [1.54, 1.807) is 17.8 Å². The number of hydrogen-bond acceptors (Lipinski definition) is 6. The van der Waals surface area contributed by atoms with Crippen molar-refractivity contribution < 1.29 is 19.1 Å². The Morgan fingerprint density at radius 3 is 2.74 bits per heavy atom. The summed E-state index contributed by atoms with van der Waals surface area (Å²) in [6, 6.07) is 1.85. The van der Waals surface area contributed by atoms with Gasteiger partial charge in [-0.05, 0) is 43.7 Å². The zero-order valence-electron chi connectivity index (χ0n) is 13.4. The third-order valence-electron chi connectivity index (χ3n) is 3.27. The van der Waals surface area contributed by atoms with Gasteiger partial charge in [0.1, 0.15) is 0 Å². The SMILES string of the molecule is CC(=O)OCCCCN1C(=O)S/C(=C\c2cc(C)nn2C)C1=O. The van der Waals surface area contributed by atoms with E-state index in [1.165, 1.54) is 11.8 Å². The highest BCUT2D eigenvalue weighted by Gasteiger charge is 2.34. The minimum Gasteiger partial charge on any atom is -0.466 e. The van der Waals surface area contributed by atoms with Crippen molar-refractivity contribution in [2.45, 2.75) is 26.7 Å². The number of nitrogens with zero attached hydrogens (tertiary/aromatic N) is 3. The third-order valence-corrected chi connectivity index (χ3v) is 4.18. The largest absolute Gasteiger partial charge is 0.466 e. The maximum Gasteiger partial charge on any atom is 0.302 e. The highest BCUT2D eigenvalue weighted by molar-refractivity contribution is 8.18. The smallest absolute Gasteiger partial charge is 0.302 e. The van der Waals surface area contributed by atoms with E-state index in [1.807, 2.05) is 13.0 Å². The second-order valence-corrected chi connectivity index (χ2v) is 6.21. The van der Waals surface area contributed by atoms with Crippen LogP contribution in [0.3, 0.4) is 0 Å². The van der Waals surface area contributed by atoms with Gasteiger partial charge in [0.2, 0.25) is 0 Å². The molecule has 8 heteroatoms. The van der Waals surface area contributed by atoms with Gasteiger partial charge in [0.15, 0.2) is 0 Å². The number of thioether (sulfide) groups is 1. The second kappa shape index (κ2) is 7.45. The number of amides is 2. The molecule has 1 fully saturated rings. The number of carbonyl (C=O) groups is 3. The molecule has 0 unspecified atom stereocenters. The number of hydrogen-bond donors (Lipinski definition) is 0. The molecule has 1 aliphatic rings. The molecule has 2 amide bonds. The molecule has 23 heavy (non-hydrogen) atoms. The van der Waals surface area contributed by atoms with Crippen molar-refractivity contribution in [3.8, 4) is 0 Å². The molecule has 0 atom stereocenters. The molecular formula is C15H19N3O4S. The molecule has 0 aliphatic carbocycles. The molecule has 2 rings (SSSR count). The lowest BCUT2D eigenvalue weighted by Gasteiger charge is -2.11. The Hall–Kier alpha value is -2.09. The Bertz CT molecular complexity index is 666. The number of aromatic nitrogens is 2. The number of rotatable bonds is 6. The Balaban J connectivity index is 1.94. The van der Waals surface area contributed by atoms with Gasteiger partial charge in [0.25, 0.3) is 11.1 Å². The molecule has 124 valence electrons. The fourth-order valence-corrected chi connectivity index (χ4v) is 3.03. The molecule has 1 saturated heterocycles. The van der Waals surface area contributed by atoms with Gasteiger partial charge in [0.05, 0.1) is 22.9 Å². The molecule has 7 nitrogen and oxygen atoms in total. The number of unbranched alkanes of at least 4 members (excludes halogenated alkanes) is 1. The lowest BCUT2D eigenvalue weighted by atomic mass is 10.3. The number of aryl methyl sites for hydroxylation is 2. The van der Waals surface area contributed by atoms with Crippen LogP contribution in [0.4, 0.5) is 4.79 Å². The molecule has 0 N–H and O–H groups in total. The summed E-state index contributed by atoms with van der Waals surface area (Å²) >= 11 is 0.935. The Kier molecular flexibility index (Phi) is 5.59. The highest BCUT2D eigenvalue weighted by Crippen LogP contribution is 2.32. The van der Waals surface area contributed by atoms with Gasteiger partial charge in [-0.15, -0.1) is 0 Å².